The molecule has 1 aromatic heterocycles. The molecule has 1 heterocycles. The van der Waals surface area contributed by atoms with Crippen LogP contribution in [0.15, 0.2) is 24.3 Å². The van der Waals surface area contributed by atoms with Gasteiger partial charge in [-0.15, -0.1) is 0 Å². The summed E-state index contributed by atoms with van der Waals surface area (Å²) in [7, 11) is 0. The number of aromatic nitrogens is 1. The molecule has 8 heteroatoms. The lowest BCUT2D eigenvalue weighted by atomic mass is 10.0. The molecule has 0 aliphatic rings. The predicted molar refractivity (Wildman–Crippen MR) is 104 cm³/mol. The molecule has 2 amide bonds. The molecule has 0 atom stereocenters. The van der Waals surface area contributed by atoms with E-state index in [0.717, 1.165) is 6.42 Å². The number of hydrogen-bond acceptors (Lipinski definition) is 4. The second-order valence-corrected chi connectivity index (χ2v) is 6.39. The van der Waals surface area contributed by atoms with Crippen LogP contribution in [0.25, 0.3) is 0 Å². The van der Waals surface area contributed by atoms with Crippen molar-refractivity contribution >= 4 is 29.3 Å². The number of carboxylic acids is 1. The smallest absolute Gasteiger partial charge is 0.322 e. The molecular weight excluding hydrogens is 362 g/mol. The van der Waals surface area contributed by atoms with Crippen LogP contribution in [0, 0.1) is 6.92 Å². The molecule has 0 aliphatic carbocycles. The Morgan fingerprint density at radius 1 is 1.07 bits per heavy atom. The van der Waals surface area contributed by atoms with E-state index in [2.05, 4.69) is 15.6 Å². The number of nitrogens with one attached hydrogen (secondary N) is 3. The number of aliphatic carboxylic acids is 1. The van der Waals surface area contributed by atoms with Crippen LogP contribution < -0.4 is 10.6 Å². The van der Waals surface area contributed by atoms with Crippen LogP contribution in [0.4, 0.5) is 5.69 Å². The van der Waals surface area contributed by atoms with Crippen LogP contribution in [0.2, 0.25) is 0 Å². The number of carbonyl (C=O) groups is 4. The Balaban J connectivity index is 2.17. The lowest BCUT2D eigenvalue weighted by Gasteiger charge is -2.08. The first-order valence-corrected chi connectivity index (χ1v) is 8.88. The summed E-state index contributed by atoms with van der Waals surface area (Å²) in [5.41, 5.74) is 3.02. The van der Waals surface area contributed by atoms with Crippen LogP contribution >= 0.6 is 0 Å². The van der Waals surface area contributed by atoms with Gasteiger partial charge in [-0.1, -0.05) is 13.3 Å². The molecule has 28 heavy (non-hydrogen) atoms. The van der Waals surface area contributed by atoms with Crippen molar-refractivity contribution in [2.24, 2.45) is 0 Å². The summed E-state index contributed by atoms with van der Waals surface area (Å²) in [4.78, 5) is 50.0. The maximum absolute atomic E-state index is 12.7. The average molecular weight is 385 g/mol. The second-order valence-electron chi connectivity index (χ2n) is 6.39. The van der Waals surface area contributed by atoms with Crippen molar-refractivity contribution in [3.63, 3.8) is 0 Å². The number of carboxylic acid groups (broad SMARTS) is 1. The fraction of sp³-hybridized carbons (Fsp3) is 0.300. The minimum Gasteiger partial charge on any atom is -0.480 e. The molecule has 1 aromatic carbocycles. The lowest BCUT2D eigenvalue weighted by Crippen LogP contribution is -2.29. The number of ketones is 1. The summed E-state index contributed by atoms with van der Waals surface area (Å²) < 4.78 is 0. The number of amides is 2. The zero-order valence-electron chi connectivity index (χ0n) is 16.0. The lowest BCUT2D eigenvalue weighted by molar-refractivity contribution is -0.135. The highest BCUT2D eigenvalue weighted by Crippen LogP contribution is 2.22. The van der Waals surface area contributed by atoms with E-state index < -0.39 is 18.4 Å². The summed E-state index contributed by atoms with van der Waals surface area (Å²) in [5, 5.41) is 13.6. The molecule has 0 bridgehead atoms. The van der Waals surface area contributed by atoms with Gasteiger partial charge in [0.2, 0.25) is 0 Å². The third kappa shape index (κ3) is 4.85. The normalized spacial score (nSPS) is 10.4. The average Bonchev–Trinajstić information content (AvgIpc) is 2.97. The van der Waals surface area contributed by atoms with Gasteiger partial charge in [-0.05, 0) is 50.1 Å². The van der Waals surface area contributed by atoms with Crippen molar-refractivity contribution in [1.82, 2.24) is 10.3 Å². The van der Waals surface area contributed by atoms with Crippen molar-refractivity contribution in [3.8, 4) is 0 Å². The molecule has 2 aromatic rings. The largest absolute Gasteiger partial charge is 0.480 e. The van der Waals surface area contributed by atoms with Crippen LogP contribution in [-0.2, 0) is 11.2 Å². The Bertz CT molecular complexity index is 913. The van der Waals surface area contributed by atoms with Crippen LogP contribution in [-0.4, -0.2) is 40.2 Å². The van der Waals surface area contributed by atoms with Gasteiger partial charge in [0.1, 0.15) is 12.2 Å². The fourth-order valence-corrected chi connectivity index (χ4v) is 3.00. The molecule has 2 rings (SSSR count). The Labute approximate surface area is 162 Å². The van der Waals surface area contributed by atoms with E-state index in [-0.39, 0.29) is 17.3 Å². The first-order chi connectivity index (χ1) is 13.2. The highest BCUT2D eigenvalue weighted by molar-refractivity contribution is 6.08. The van der Waals surface area contributed by atoms with Gasteiger partial charge in [0.25, 0.3) is 11.8 Å². The van der Waals surface area contributed by atoms with Gasteiger partial charge in [-0.3, -0.25) is 19.2 Å². The standard InChI is InChI=1S/C20H23N3O5/c1-4-5-15-17(12(3)24)11(2)22-18(15)20(28)23-14-8-6-13(7-9-14)19(27)21-10-16(25)26/h6-9,22H,4-5,10H2,1-3H3,(H,21,27)(H,23,28)(H,25,26). The summed E-state index contributed by atoms with van der Waals surface area (Å²) in [6, 6.07) is 6.07. The quantitative estimate of drug-likeness (QED) is 0.519. The highest BCUT2D eigenvalue weighted by Gasteiger charge is 2.22. The number of carbonyl (C=O) groups excluding carboxylic acids is 3. The third-order valence-corrected chi connectivity index (χ3v) is 4.18. The monoisotopic (exact) mass is 385 g/mol. The molecular formula is C20H23N3O5. The number of hydrogen-bond donors (Lipinski definition) is 4. The topological polar surface area (TPSA) is 128 Å². The summed E-state index contributed by atoms with van der Waals surface area (Å²) in [5.74, 6) is -2.11. The Morgan fingerprint density at radius 3 is 2.25 bits per heavy atom. The number of H-pyrrole nitrogens is 1. The minimum atomic E-state index is -1.13. The van der Waals surface area contributed by atoms with Gasteiger partial charge in [0, 0.05) is 22.5 Å². The zero-order chi connectivity index (χ0) is 20.8. The van der Waals surface area contributed by atoms with Crippen molar-refractivity contribution in [2.75, 3.05) is 11.9 Å². The number of benzene rings is 1. The molecule has 148 valence electrons. The van der Waals surface area contributed by atoms with Gasteiger partial charge < -0.3 is 20.7 Å². The Hall–Kier alpha value is -3.42. The Morgan fingerprint density at radius 2 is 1.71 bits per heavy atom. The highest BCUT2D eigenvalue weighted by atomic mass is 16.4. The van der Waals surface area contributed by atoms with Gasteiger partial charge in [0.05, 0.1) is 0 Å². The summed E-state index contributed by atoms with van der Waals surface area (Å²) >= 11 is 0. The van der Waals surface area contributed by atoms with E-state index in [1.807, 2.05) is 6.92 Å². The molecule has 0 fully saturated rings. The predicted octanol–water partition coefficient (Wildman–Crippen LogP) is 2.54. The fourth-order valence-electron chi connectivity index (χ4n) is 3.00. The first-order valence-electron chi connectivity index (χ1n) is 8.88. The van der Waals surface area contributed by atoms with E-state index in [0.29, 0.717) is 34.6 Å². The maximum atomic E-state index is 12.7. The van der Waals surface area contributed by atoms with Crippen molar-refractivity contribution < 1.29 is 24.3 Å². The van der Waals surface area contributed by atoms with Gasteiger partial charge in [-0.25, -0.2) is 0 Å². The number of rotatable bonds is 8. The number of aryl methyl sites for hydroxylation is 1. The second kappa shape index (κ2) is 8.98. The van der Waals surface area contributed by atoms with E-state index in [9.17, 15) is 19.2 Å². The van der Waals surface area contributed by atoms with Crippen molar-refractivity contribution in [3.05, 3.63) is 52.3 Å². The van der Waals surface area contributed by atoms with Crippen LogP contribution in [0.1, 0.15) is 62.7 Å². The van der Waals surface area contributed by atoms with Gasteiger partial charge in [0.15, 0.2) is 5.78 Å². The van der Waals surface area contributed by atoms with Crippen molar-refractivity contribution in [2.45, 2.75) is 33.6 Å². The number of Topliss-reactive ketones (excluding diaryl/α,β-unsaturated/α-hetero) is 1. The summed E-state index contributed by atoms with van der Waals surface area (Å²) in [6.45, 7) is 4.74. The van der Waals surface area contributed by atoms with Crippen molar-refractivity contribution in [1.29, 1.82) is 0 Å². The Kier molecular flexibility index (Phi) is 6.70. The van der Waals surface area contributed by atoms with Crippen LogP contribution in [0.3, 0.4) is 0 Å². The molecule has 0 aliphatic heterocycles. The molecule has 0 saturated heterocycles. The minimum absolute atomic E-state index is 0.0898. The molecule has 8 nitrogen and oxygen atoms in total. The van der Waals surface area contributed by atoms with Crippen LogP contribution in [0.5, 0.6) is 0 Å². The zero-order valence-corrected chi connectivity index (χ0v) is 16.0. The van der Waals surface area contributed by atoms with E-state index >= 15 is 0 Å². The van der Waals surface area contributed by atoms with E-state index in [1.165, 1.54) is 19.1 Å². The summed E-state index contributed by atoms with van der Waals surface area (Å²) in [6.07, 6.45) is 1.39. The SMILES string of the molecule is CCCc1c(C(=O)Nc2ccc(C(=O)NCC(=O)O)cc2)[nH]c(C)c1C(C)=O. The maximum Gasteiger partial charge on any atom is 0.322 e. The third-order valence-electron chi connectivity index (χ3n) is 4.18. The van der Waals surface area contributed by atoms with E-state index in [4.69, 9.17) is 5.11 Å². The molecule has 0 unspecified atom stereocenters. The van der Waals surface area contributed by atoms with Gasteiger partial charge >= 0.3 is 5.97 Å². The molecule has 4 N–H and O–H groups in total. The first kappa shape index (κ1) is 20.9. The molecule has 0 radical (unpaired) electrons. The molecule has 0 saturated carbocycles. The van der Waals surface area contributed by atoms with E-state index in [1.54, 1.807) is 19.1 Å². The number of aromatic amines is 1. The molecule has 0 spiro atoms. The van der Waals surface area contributed by atoms with Gasteiger partial charge in [-0.2, -0.15) is 0 Å². The number of anilines is 1.